The zero-order valence-electron chi connectivity index (χ0n) is 21.2. The Bertz CT molecular complexity index is 336. The molecular formula is C27H54O4. The lowest BCUT2D eigenvalue weighted by molar-refractivity contribution is -0.147. The Hall–Kier alpha value is -0.580. The Kier molecular flexibility index (Phi) is 26.9. The molecule has 0 aliphatic rings. The van der Waals surface area contributed by atoms with E-state index in [4.69, 9.17) is 18.9 Å². The van der Waals surface area contributed by atoms with Crippen LogP contribution >= 0.6 is 0 Å². The molecule has 0 atom stereocenters. The van der Waals surface area contributed by atoms with E-state index < -0.39 is 0 Å². The van der Waals surface area contributed by atoms with E-state index in [0.29, 0.717) is 6.79 Å². The summed E-state index contributed by atoms with van der Waals surface area (Å²) in [6, 6.07) is 0. The van der Waals surface area contributed by atoms with Crippen LogP contribution in [0.5, 0.6) is 0 Å². The van der Waals surface area contributed by atoms with Crippen LogP contribution in [0.2, 0.25) is 0 Å². The standard InChI is InChI=1S/C27H54O4/c1-4-6-24-30-27(31-25-7-5-2)22-20-18-16-14-12-10-8-9-11-13-15-17-19-21-23-29-26-28-3/h21,23,27H,4-20,22,24-26H2,1-3H3. The summed E-state index contributed by atoms with van der Waals surface area (Å²) in [6.07, 6.45) is 26.9. The first-order valence-electron chi connectivity index (χ1n) is 13.3. The van der Waals surface area contributed by atoms with Crippen molar-refractivity contribution in [1.82, 2.24) is 0 Å². The van der Waals surface area contributed by atoms with E-state index in [1.807, 2.05) is 0 Å². The number of ether oxygens (including phenoxy) is 4. The molecule has 0 rings (SSSR count). The first kappa shape index (κ1) is 30.4. The van der Waals surface area contributed by atoms with Crippen molar-refractivity contribution in [2.24, 2.45) is 0 Å². The van der Waals surface area contributed by atoms with Gasteiger partial charge in [-0.3, -0.25) is 0 Å². The molecule has 0 saturated heterocycles. The monoisotopic (exact) mass is 442 g/mol. The highest BCUT2D eigenvalue weighted by Crippen LogP contribution is 2.15. The van der Waals surface area contributed by atoms with Gasteiger partial charge in [0.2, 0.25) is 0 Å². The average Bonchev–Trinajstić information content (AvgIpc) is 2.78. The van der Waals surface area contributed by atoms with Crippen LogP contribution in [-0.2, 0) is 18.9 Å². The van der Waals surface area contributed by atoms with Crippen molar-refractivity contribution >= 4 is 0 Å². The van der Waals surface area contributed by atoms with Crippen LogP contribution in [0, 0.1) is 0 Å². The lowest BCUT2D eigenvalue weighted by Crippen LogP contribution is -2.18. The van der Waals surface area contributed by atoms with Gasteiger partial charge in [0.1, 0.15) is 0 Å². The van der Waals surface area contributed by atoms with Gasteiger partial charge in [0, 0.05) is 20.3 Å². The highest BCUT2D eigenvalue weighted by atomic mass is 16.7. The maximum absolute atomic E-state index is 5.93. The SMILES string of the molecule is CCCCOC(CCCCCCCCCCCCCCC=COCOC)OCCCC. The third kappa shape index (κ3) is 25.6. The molecule has 186 valence electrons. The Morgan fingerprint density at radius 3 is 1.58 bits per heavy atom. The van der Waals surface area contributed by atoms with E-state index in [1.165, 1.54) is 89.9 Å². The van der Waals surface area contributed by atoms with Crippen molar-refractivity contribution < 1.29 is 18.9 Å². The smallest absolute Gasteiger partial charge is 0.187 e. The lowest BCUT2D eigenvalue weighted by Gasteiger charge is -2.18. The van der Waals surface area contributed by atoms with Gasteiger partial charge < -0.3 is 18.9 Å². The summed E-state index contributed by atoms with van der Waals surface area (Å²) in [5.74, 6) is 0. The minimum Gasteiger partial charge on any atom is -0.476 e. The predicted molar refractivity (Wildman–Crippen MR) is 132 cm³/mol. The molecule has 0 fully saturated rings. The Morgan fingerprint density at radius 2 is 1.10 bits per heavy atom. The summed E-state index contributed by atoms with van der Waals surface area (Å²) in [4.78, 5) is 0. The van der Waals surface area contributed by atoms with Crippen molar-refractivity contribution in [2.75, 3.05) is 27.1 Å². The second kappa shape index (κ2) is 27.5. The second-order valence-electron chi connectivity index (χ2n) is 8.64. The zero-order chi connectivity index (χ0) is 22.7. The van der Waals surface area contributed by atoms with Crippen molar-refractivity contribution in [3.63, 3.8) is 0 Å². The third-order valence-electron chi connectivity index (χ3n) is 5.54. The number of rotatable bonds is 26. The van der Waals surface area contributed by atoms with Crippen LogP contribution in [-0.4, -0.2) is 33.4 Å². The summed E-state index contributed by atoms with van der Waals surface area (Å²) in [5.41, 5.74) is 0. The topological polar surface area (TPSA) is 36.9 Å². The summed E-state index contributed by atoms with van der Waals surface area (Å²) in [7, 11) is 1.64. The Morgan fingerprint density at radius 1 is 0.613 bits per heavy atom. The molecule has 0 aromatic heterocycles. The molecule has 4 nitrogen and oxygen atoms in total. The van der Waals surface area contributed by atoms with Gasteiger partial charge in [0.25, 0.3) is 0 Å². The fraction of sp³-hybridized carbons (Fsp3) is 0.926. The van der Waals surface area contributed by atoms with E-state index in [1.54, 1.807) is 13.4 Å². The first-order chi connectivity index (χ1) is 15.3. The maximum Gasteiger partial charge on any atom is 0.187 e. The molecule has 0 radical (unpaired) electrons. The van der Waals surface area contributed by atoms with Gasteiger partial charge in [-0.2, -0.15) is 0 Å². The van der Waals surface area contributed by atoms with Gasteiger partial charge in [-0.1, -0.05) is 90.9 Å². The van der Waals surface area contributed by atoms with Crippen molar-refractivity contribution in [3.8, 4) is 0 Å². The molecule has 0 unspecified atom stereocenters. The van der Waals surface area contributed by atoms with Gasteiger partial charge in [-0.25, -0.2) is 0 Å². The number of hydrogen-bond acceptors (Lipinski definition) is 4. The second-order valence-corrected chi connectivity index (χ2v) is 8.64. The van der Waals surface area contributed by atoms with Gasteiger partial charge in [-0.05, 0) is 44.6 Å². The van der Waals surface area contributed by atoms with Crippen LogP contribution in [0.3, 0.4) is 0 Å². The van der Waals surface area contributed by atoms with Gasteiger partial charge in [-0.15, -0.1) is 0 Å². The van der Waals surface area contributed by atoms with Crippen LogP contribution in [0.1, 0.15) is 129 Å². The number of methoxy groups -OCH3 is 1. The Labute approximate surface area is 194 Å². The summed E-state index contributed by atoms with van der Waals surface area (Å²) >= 11 is 0. The molecule has 0 saturated carbocycles. The average molecular weight is 443 g/mol. The zero-order valence-corrected chi connectivity index (χ0v) is 21.2. The third-order valence-corrected chi connectivity index (χ3v) is 5.54. The van der Waals surface area contributed by atoms with E-state index in [9.17, 15) is 0 Å². The molecule has 0 aromatic carbocycles. The molecule has 0 spiro atoms. The summed E-state index contributed by atoms with van der Waals surface area (Å²) < 4.78 is 21.8. The fourth-order valence-corrected chi connectivity index (χ4v) is 3.52. The molecular weight excluding hydrogens is 388 g/mol. The Balaban J connectivity index is 3.36. The molecule has 0 N–H and O–H groups in total. The van der Waals surface area contributed by atoms with Crippen LogP contribution in [0.4, 0.5) is 0 Å². The van der Waals surface area contributed by atoms with E-state index >= 15 is 0 Å². The lowest BCUT2D eigenvalue weighted by atomic mass is 10.0. The fourth-order valence-electron chi connectivity index (χ4n) is 3.52. The highest BCUT2D eigenvalue weighted by Gasteiger charge is 2.08. The van der Waals surface area contributed by atoms with Gasteiger partial charge >= 0.3 is 0 Å². The van der Waals surface area contributed by atoms with Crippen LogP contribution < -0.4 is 0 Å². The maximum atomic E-state index is 5.93. The largest absolute Gasteiger partial charge is 0.476 e. The molecule has 31 heavy (non-hydrogen) atoms. The van der Waals surface area contributed by atoms with Crippen molar-refractivity contribution in [1.29, 1.82) is 0 Å². The van der Waals surface area contributed by atoms with E-state index in [0.717, 1.165) is 38.9 Å². The van der Waals surface area contributed by atoms with E-state index in [-0.39, 0.29) is 6.29 Å². The van der Waals surface area contributed by atoms with Gasteiger partial charge in [0.15, 0.2) is 13.1 Å². The van der Waals surface area contributed by atoms with Gasteiger partial charge in [0.05, 0.1) is 6.26 Å². The van der Waals surface area contributed by atoms with Crippen molar-refractivity contribution in [2.45, 2.75) is 136 Å². The van der Waals surface area contributed by atoms with Crippen LogP contribution in [0.15, 0.2) is 12.3 Å². The van der Waals surface area contributed by atoms with Crippen LogP contribution in [0.25, 0.3) is 0 Å². The van der Waals surface area contributed by atoms with Crippen molar-refractivity contribution in [3.05, 3.63) is 12.3 Å². The minimum atomic E-state index is 0.0260. The number of unbranched alkanes of at least 4 members (excludes halogenated alkanes) is 14. The molecule has 0 aliphatic heterocycles. The number of hydrogen-bond donors (Lipinski definition) is 0. The molecule has 0 aliphatic carbocycles. The first-order valence-corrected chi connectivity index (χ1v) is 13.3. The molecule has 0 aromatic rings. The molecule has 0 heterocycles. The quantitative estimate of drug-likeness (QED) is 0.0764. The summed E-state index contributed by atoms with van der Waals surface area (Å²) in [6.45, 7) is 6.44. The summed E-state index contributed by atoms with van der Waals surface area (Å²) in [5, 5.41) is 0. The minimum absolute atomic E-state index is 0.0260. The molecule has 0 amide bonds. The molecule has 0 bridgehead atoms. The normalized spacial score (nSPS) is 11.7. The predicted octanol–water partition coefficient (Wildman–Crippen LogP) is 8.54. The number of allylic oxidation sites excluding steroid dienone is 1. The molecule has 4 heteroatoms. The van der Waals surface area contributed by atoms with E-state index in [2.05, 4.69) is 19.9 Å². The highest BCUT2D eigenvalue weighted by molar-refractivity contribution is 4.72.